The molecule has 30 heavy (non-hydrogen) atoms. The molecule has 3 rings (SSSR count). The Kier molecular flexibility index (Phi) is 5.43. The van der Waals surface area contributed by atoms with E-state index in [1.54, 1.807) is 6.92 Å². The number of carboxylic acid groups (broad SMARTS) is 1. The van der Waals surface area contributed by atoms with Gasteiger partial charge in [0.2, 0.25) is 5.75 Å². The van der Waals surface area contributed by atoms with Crippen molar-refractivity contribution < 1.29 is 29.5 Å². The van der Waals surface area contributed by atoms with Gasteiger partial charge in [0.15, 0.2) is 5.75 Å². The van der Waals surface area contributed by atoms with Gasteiger partial charge in [0.05, 0.1) is 39.6 Å². The first kappa shape index (κ1) is 20.8. The highest BCUT2D eigenvalue weighted by atomic mass is 35.5. The predicted octanol–water partition coefficient (Wildman–Crippen LogP) is 3.47. The number of nitro benzene ring substituents is 1. The summed E-state index contributed by atoms with van der Waals surface area (Å²) in [6.45, 7) is 1.56. The molecule has 154 valence electrons. The number of phenols is 1. The molecule has 0 saturated heterocycles. The van der Waals surface area contributed by atoms with Crippen molar-refractivity contribution in [1.29, 1.82) is 0 Å². The second kappa shape index (κ2) is 7.84. The minimum atomic E-state index is -1.26. The monoisotopic (exact) mass is 431 g/mol. The third kappa shape index (κ3) is 3.67. The number of carbonyl (C=O) groups is 2. The molecule has 2 aromatic carbocycles. The summed E-state index contributed by atoms with van der Waals surface area (Å²) in [5, 5.41) is 35.4. The van der Waals surface area contributed by atoms with Crippen LogP contribution >= 0.6 is 11.6 Å². The average molecular weight is 432 g/mol. The van der Waals surface area contributed by atoms with E-state index >= 15 is 0 Å². The van der Waals surface area contributed by atoms with Gasteiger partial charge in [-0.15, -0.1) is 0 Å². The highest BCUT2D eigenvalue weighted by Gasteiger charge is 2.30. The van der Waals surface area contributed by atoms with Gasteiger partial charge < -0.3 is 14.9 Å². The lowest BCUT2D eigenvalue weighted by molar-refractivity contribution is -0.386. The van der Waals surface area contributed by atoms with Crippen molar-refractivity contribution >= 4 is 46.6 Å². The van der Waals surface area contributed by atoms with Crippen LogP contribution in [0.1, 0.15) is 22.8 Å². The lowest BCUT2D eigenvalue weighted by Gasteiger charge is -2.13. The van der Waals surface area contributed by atoms with Crippen LogP contribution in [0.15, 0.2) is 41.0 Å². The minimum absolute atomic E-state index is 0.0119. The highest BCUT2D eigenvalue weighted by molar-refractivity contribution is 6.34. The van der Waals surface area contributed by atoms with E-state index in [1.165, 1.54) is 37.5 Å². The number of carbonyl (C=O) groups excluding carboxylic acids is 1. The number of nitrogens with zero attached hydrogens (tertiary/aromatic N) is 3. The molecule has 0 spiro atoms. The first-order valence-electron chi connectivity index (χ1n) is 8.34. The number of hydrazone groups is 1. The Morgan fingerprint density at radius 3 is 2.63 bits per heavy atom. The number of hydrogen-bond acceptors (Lipinski definition) is 7. The number of benzene rings is 2. The van der Waals surface area contributed by atoms with Crippen molar-refractivity contribution in [3.05, 3.63) is 62.2 Å². The SMILES string of the molecule is COc1cc(C=C2C(=O)N(c3ccc(Cl)c(C(=O)O)c3)N=C2C)cc([N+](=O)[O-])c1O. The summed E-state index contributed by atoms with van der Waals surface area (Å²) in [6, 6.07) is 6.44. The molecular formula is C19H14ClN3O7. The molecule has 2 N–H and O–H groups in total. The van der Waals surface area contributed by atoms with Crippen molar-refractivity contribution in [1.82, 2.24) is 0 Å². The number of anilines is 1. The summed E-state index contributed by atoms with van der Waals surface area (Å²) in [6.07, 6.45) is 1.37. The van der Waals surface area contributed by atoms with Gasteiger partial charge in [-0.1, -0.05) is 11.6 Å². The number of methoxy groups -OCH3 is 1. The van der Waals surface area contributed by atoms with E-state index in [0.29, 0.717) is 5.71 Å². The fourth-order valence-corrected chi connectivity index (χ4v) is 3.03. The van der Waals surface area contributed by atoms with Crippen LogP contribution in [-0.2, 0) is 4.79 Å². The molecule has 0 fully saturated rings. The molecule has 0 atom stereocenters. The number of ether oxygens (including phenoxy) is 1. The second-order valence-electron chi connectivity index (χ2n) is 6.18. The zero-order valence-electron chi connectivity index (χ0n) is 15.6. The summed E-state index contributed by atoms with van der Waals surface area (Å²) < 4.78 is 4.95. The standard InChI is InChI=1S/C19H14ClN3O7/c1-9-12(5-10-6-15(23(28)29)17(24)16(7-10)30-2)18(25)22(21-9)11-3-4-14(20)13(8-11)19(26)27/h3-8,24H,1-2H3,(H,26,27). The van der Waals surface area contributed by atoms with Gasteiger partial charge >= 0.3 is 11.7 Å². The van der Waals surface area contributed by atoms with Crippen LogP contribution in [0, 0.1) is 10.1 Å². The maximum Gasteiger partial charge on any atom is 0.337 e. The quantitative estimate of drug-likeness (QED) is 0.419. The second-order valence-corrected chi connectivity index (χ2v) is 6.58. The predicted molar refractivity (Wildman–Crippen MR) is 108 cm³/mol. The Morgan fingerprint density at radius 2 is 2.03 bits per heavy atom. The first-order valence-corrected chi connectivity index (χ1v) is 8.71. The molecule has 0 aromatic heterocycles. The Bertz CT molecular complexity index is 1160. The van der Waals surface area contributed by atoms with Gasteiger partial charge in [0.1, 0.15) is 0 Å². The van der Waals surface area contributed by atoms with Crippen LogP contribution in [0.25, 0.3) is 6.08 Å². The maximum absolute atomic E-state index is 12.9. The molecule has 0 aliphatic carbocycles. The van der Waals surface area contributed by atoms with E-state index in [0.717, 1.165) is 11.1 Å². The van der Waals surface area contributed by atoms with Crippen LogP contribution < -0.4 is 9.75 Å². The van der Waals surface area contributed by atoms with Crippen molar-refractivity contribution in [3.63, 3.8) is 0 Å². The van der Waals surface area contributed by atoms with Crippen LogP contribution in [0.2, 0.25) is 5.02 Å². The normalized spacial score (nSPS) is 14.8. The highest BCUT2D eigenvalue weighted by Crippen LogP contribution is 2.38. The smallest absolute Gasteiger partial charge is 0.337 e. The number of aromatic carboxylic acids is 1. The van der Waals surface area contributed by atoms with E-state index in [9.17, 15) is 29.9 Å². The molecule has 0 saturated carbocycles. The van der Waals surface area contributed by atoms with Gasteiger partial charge in [-0.3, -0.25) is 14.9 Å². The molecular weight excluding hydrogens is 418 g/mol. The molecule has 10 nitrogen and oxygen atoms in total. The minimum Gasteiger partial charge on any atom is -0.500 e. The zero-order chi connectivity index (χ0) is 22.2. The van der Waals surface area contributed by atoms with E-state index < -0.39 is 28.2 Å². The Balaban J connectivity index is 2.04. The van der Waals surface area contributed by atoms with Crippen molar-refractivity contribution in [2.45, 2.75) is 6.92 Å². The summed E-state index contributed by atoms with van der Waals surface area (Å²) in [7, 11) is 1.24. The van der Waals surface area contributed by atoms with Crippen molar-refractivity contribution in [2.75, 3.05) is 12.1 Å². The Hall–Kier alpha value is -3.92. The number of nitro groups is 1. The number of rotatable bonds is 5. The number of phenolic OH excluding ortho intramolecular Hbond substituents is 1. The van der Waals surface area contributed by atoms with Crippen LogP contribution in [0.4, 0.5) is 11.4 Å². The zero-order valence-corrected chi connectivity index (χ0v) is 16.4. The molecule has 1 heterocycles. The van der Waals surface area contributed by atoms with Gasteiger partial charge in [-0.25, -0.2) is 4.79 Å². The largest absolute Gasteiger partial charge is 0.500 e. The number of hydrogen-bond donors (Lipinski definition) is 2. The van der Waals surface area contributed by atoms with Crippen LogP contribution in [0.3, 0.4) is 0 Å². The average Bonchev–Trinajstić information content (AvgIpc) is 2.97. The van der Waals surface area contributed by atoms with E-state index in [-0.39, 0.29) is 33.2 Å². The summed E-state index contributed by atoms with van der Waals surface area (Å²) in [4.78, 5) is 34.6. The third-order valence-electron chi connectivity index (χ3n) is 4.29. The molecule has 1 aliphatic heterocycles. The molecule has 0 unspecified atom stereocenters. The number of amides is 1. The fraction of sp³-hybridized carbons (Fsp3) is 0.105. The molecule has 0 radical (unpaired) electrons. The fourth-order valence-electron chi connectivity index (χ4n) is 2.83. The maximum atomic E-state index is 12.9. The lowest BCUT2D eigenvalue weighted by Crippen LogP contribution is -2.21. The molecule has 11 heteroatoms. The topological polar surface area (TPSA) is 143 Å². The van der Waals surface area contributed by atoms with Crippen molar-refractivity contribution in [3.8, 4) is 11.5 Å². The van der Waals surface area contributed by atoms with Gasteiger partial charge in [0, 0.05) is 6.07 Å². The van der Waals surface area contributed by atoms with E-state index in [2.05, 4.69) is 5.10 Å². The van der Waals surface area contributed by atoms with Gasteiger partial charge in [-0.05, 0) is 42.8 Å². The van der Waals surface area contributed by atoms with Crippen LogP contribution in [-0.4, -0.2) is 39.8 Å². The van der Waals surface area contributed by atoms with Crippen LogP contribution in [0.5, 0.6) is 11.5 Å². The number of carboxylic acids is 1. The summed E-state index contributed by atoms with van der Waals surface area (Å²) in [5.74, 6) is -2.58. The lowest BCUT2D eigenvalue weighted by atomic mass is 10.1. The van der Waals surface area contributed by atoms with Gasteiger partial charge in [-0.2, -0.15) is 10.1 Å². The van der Waals surface area contributed by atoms with E-state index in [4.69, 9.17) is 16.3 Å². The number of halogens is 1. The Morgan fingerprint density at radius 1 is 1.33 bits per heavy atom. The van der Waals surface area contributed by atoms with Gasteiger partial charge in [0.25, 0.3) is 5.91 Å². The summed E-state index contributed by atoms with van der Waals surface area (Å²) >= 11 is 5.86. The van der Waals surface area contributed by atoms with E-state index in [1.807, 2.05) is 0 Å². The summed E-state index contributed by atoms with van der Waals surface area (Å²) in [5.41, 5.74) is 0.0932. The molecule has 1 amide bonds. The van der Waals surface area contributed by atoms with Crippen molar-refractivity contribution in [2.24, 2.45) is 5.10 Å². The molecule has 0 bridgehead atoms. The molecule has 2 aromatic rings. The third-order valence-corrected chi connectivity index (χ3v) is 4.62. The number of aromatic hydroxyl groups is 1. The molecule has 1 aliphatic rings. The first-order chi connectivity index (χ1) is 14.1. The Labute approximate surface area is 174 Å².